The first kappa shape index (κ1) is 18.4. The standard InChI is InChI=1S/C22H22ClN5/c23-19-6-8-20(9-7-19)26-12-14-28(15-13-26)25-16-18-17-27(11-3-10-24)22-5-2-1-4-21(18)22/h1-2,4-9,16-17H,3,11-15H2/b25-16+. The third-order valence-corrected chi connectivity index (χ3v) is 5.34. The number of rotatable bonds is 5. The van der Waals surface area contributed by atoms with Crippen LogP contribution in [0, 0.1) is 11.3 Å². The molecule has 1 aromatic heterocycles. The molecule has 1 aliphatic rings. The lowest BCUT2D eigenvalue weighted by Crippen LogP contribution is -2.44. The van der Waals surface area contributed by atoms with Gasteiger partial charge in [0.05, 0.1) is 31.8 Å². The van der Waals surface area contributed by atoms with Gasteiger partial charge in [-0.3, -0.25) is 5.01 Å². The maximum Gasteiger partial charge on any atom is 0.0640 e. The van der Waals surface area contributed by atoms with Gasteiger partial charge in [0, 0.05) is 53.0 Å². The number of halogens is 1. The first-order valence-corrected chi connectivity index (χ1v) is 9.86. The van der Waals surface area contributed by atoms with Gasteiger partial charge in [-0.05, 0) is 30.3 Å². The third-order valence-electron chi connectivity index (χ3n) is 5.09. The van der Waals surface area contributed by atoms with Crippen molar-refractivity contribution in [1.29, 1.82) is 5.26 Å². The number of aromatic nitrogens is 1. The predicted octanol–water partition coefficient (Wildman–Crippen LogP) is 4.36. The van der Waals surface area contributed by atoms with Crippen LogP contribution in [0.4, 0.5) is 5.69 Å². The Bertz CT molecular complexity index is 1010. The lowest BCUT2D eigenvalue weighted by Gasteiger charge is -2.34. The number of nitriles is 1. The van der Waals surface area contributed by atoms with Gasteiger partial charge >= 0.3 is 0 Å². The molecule has 1 saturated heterocycles. The second kappa shape index (κ2) is 8.37. The summed E-state index contributed by atoms with van der Waals surface area (Å²) >= 11 is 5.98. The van der Waals surface area contributed by atoms with E-state index in [9.17, 15) is 0 Å². The van der Waals surface area contributed by atoms with Gasteiger partial charge in [0.25, 0.3) is 0 Å². The van der Waals surface area contributed by atoms with Crippen LogP contribution >= 0.6 is 11.6 Å². The Labute approximate surface area is 170 Å². The molecule has 0 aliphatic carbocycles. The minimum atomic E-state index is 0.502. The average molecular weight is 392 g/mol. The molecule has 5 nitrogen and oxygen atoms in total. The molecule has 28 heavy (non-hydrogen) atoms. The van der Waals surface area contributed by atoms with Crippen molar-refractivity contribution >= 4 is 34.4 Å². The molecule has 3 aromatic rings. The van der Waals surface area contributed by atoms with Crippen molar-refractivity contribution in [3.63, 3.8) is 0 Å². The molecule has 2 heterocycles. The van der Waals surface area contributed by atoms with Crippen LogP contribution < -0.4 is 4.90 Å². The summed E-state index contributed by atoms with van der Waals surface area (Å²) in [7, 11) is 0. The minimum absolute atomic E-state index is 0.502. The van der Waals surface area contributed by atoms with Crippen molar-refractivity contribution < 1.29 is 0 Å². The lowest BCUT2D eigenvalue weighted by atomic mass is 10.2. The minimum Gasteiger partial charge on any atom is -0.368 e. The van der Waals surface area contributed by atoms with E-state index in [0.29, 0.717) is 13.0 Å². The third kappa shape index (κ3) is 3.97. The van der Waals surface area contributed by atoms with E-state index in [2.05, 4.69) is 51.0 Å². The molecule has 0 unspecified atom stereocenters. The number of hydrazone groups is 1. The molecule has 6 heteroatoms. The molecule has 1 aliphatic heterocycles. The van der Waals surface area contributed by atoms with E-state index >= 15 is 0 Å². The molecule has 0 N–H and O–H groups in total. The fraction of sp³-hybridized carbons (Fsp3) is 0.273. The Morgan fingerprint density at radius 1 is 1.04 bits per heavy atom. The molecule has 0 radical (unpaired) electrons. The number of fused-ring (bicyclic) bond motifs is 1. The number of hydrogen-bond acceptors (Lipinski definition) is 4. The van der Waals surface area contributed by atoms with Crippen LogP contribution in [0.2, 0.25) is 5.02 Å². The Morgan fingerprint density at radius 3 is 2.54 bits per heavy atom. The van der Waals surface area contributed by atoms with Gasteiger partial charge in [-0.2, -0.15) is 10.4 Å². The van der Waals surface area contributed by atoms with Gasteiger partial charge in [-0.25, -0.2) is 0 Å². The Morgan fingerprint density at radius 2 is 1.79 bits per heavy atom. The summed E-state index contributed by atoms with van der Waals surface area (Å²) in [5, 5.41) is 17.7. The lowest BCUT2D eigenvalue weighted by molar-refractivity contribution is 0.272. The zero-order valence-corrected chi connectivity index (χ0v) is 16.4. The zero-order chi connectivity index (χ0) is 19.3. The highest BCUT2D eigenvalue weighted by Crippen LogP contribution is 2.22. The average Bonchev–Trinajstić information content (AvgIpc) is 3.09. The largest absolute Gasteiger partial charge is 0.368 e. The normalized spacial score (nSPS) is 14.7. The second-order valence-corrected chi connectivity index (χ2v) is 7.30. The topological polar surface area (TPSA) is 47.6 Å². The summed E-state index contributed by atoms with van der Waals surface area (Å²) < 4.78 is 2.14. The number of nitrogens with zero attached hydrogens (tertiary/aromatic N) is 5. The summed E-state index contributed by atoms with van der Waals surface area (Å²) in [5.74, 6) is 0. The molecule has 4 rings (SSSR count). The number of anilines is 1. The molecule has 0 spiro atoms. The highest BCUT2D eigenvalue weighted by atomic mass is 35.5. The maximum absolute atomic E-state index is 8.89. The van der Waals surface area contributed by atoms with Gasteiger partial charge in [-0.1, -0.05) is 29.8 Å². The number of benzene rings is 2. The highest BCUT2D eigenvalue weighted by Gasteiger charge is 2.16. The van der Waals surface area contributed by atoms with Crippen LogP contribution in [0.1, 0.15) is 12.0 Å². The van der Waals surface area contributed by atoms with Crippen LogP contribution in [-0.4, -0.2) is 42.0 Å². The molecular weight excluding hydrogens is 370 g/mol. The van der Waals surface area contributed by atoms with Crippen molar-refractivity contribution in [1.82, 2.24) is 9.58 Å². The van der Waals surface area contributed by atoms with Crippen LogP contribution in [0.3, 0.4) is 0 Å². The van der Waals surface area contributed by atoms with Crippen molar-refractivity contribution in [3.05, 3.63) is 65.3 Å². The Balaban J connectivity index is 1.44. The molecule has 1 fully saturated rings. The summed E-state index contributed by atoms with van der Waals surface area (Å²) in [6, 6.07) is 18.5. The van der Waals surface area contributed by atoms with Gasteiger partial charge in [-0.15, -0.1) is 0 Å². The summed E-state index contributed by atoms with van der Waals surface area (Å²) in [5.41, 5.74) is 3.44. The molecule has 0 amide bonds. The Kier molecular flexibility index (Phi) is 5.50. The fourth-order valence-electron chi connectivity index (χ4n) is 3.60. The van der Waals surface area contributed by atoms with Crippen LogP contribution in [0.25, 0.3) is 10.9 Å². The van der Waals surface area contributed by atoms with Crippen LogP contribution in [0.5, 0.6) is 0 Å². The van der Waals surface area contributed by atoms with E-state index in [1.165, 1.54) is 11.1 Å². The number of hydrogen-bond donors (Lipinski definition) is 0. The summed E-state index contributed by atoms with van der Waals surface area (Å²) in [6.45, 7) is 4.33. The van der Waals surface area contributed by atoms with E-state index in [1.807, 2.05) is 30.5 Å². The van der Waals surface area contributed by atoms with E-state index in [4.69, 9.17) is 22.0 Å². The van der Waals surface area contributed by atoms with E-state index in [-0.39, 0.29) is 0 Å². The number of para-hydroxylation sites is 1. The SMILES string of the molecule is N#CCCn1cc(/C=N/N2CCN(c3ccc(Cl)cc3)CC2)c2ccccc21. The van der Waals surface area contributed by atoms with E-state index in [1.54, 1.807) is 0 Å². The van der Waals surface area contributed by atoms with Gasteiger partial charge in [0.15, 0.2) is 0 Å². The fourth-order valence-corrected chi connectivity index (χ4v) is 3.72. The zero-order valence-electron chi connectivity index (χ0n) is 15.6. The quantitative estimate of drug-likeness (QED) is 0.607. The smallest absolute Gasteiger partial charge is 0.0640 e. The van der Waals surface area contributed by atoms with Crippen molar-refractivity contribution in [2.24, 2.45) is 5.10 Å². The molecule has 142 valence electrons. The predicted molar refractivity (Wildman–Crippen MR) is 115 cm³/mol. The molecular formula is C22H22ClN5. The summed E-state index contributed by atoms with van der Waals surface area (Å²) in [6.07, 6.45) is 4.54. The summed E-state index contributed by atoms with van der Waals surface area (Å²) in [4.78, 5) is 2.36. The molecule has 0 saturated carbocycles. The van der Waals surface area contributed by atoms with E-state index < -0.39 is 0 Å². The van der Waals surface area contributed by atoms with Crippen molar-refractivity contribution in [2.45, 2.75) is 13.0 Å². The van der Waals surface area contributed by atoms with Gasteiger partial charge < -0.3 is 9.47 Å². The van der Waals surface area contributed by atoms with Crippen LogP contribution in [-0.2, 0) is 6.54 Å². The van der Waals surface area contributed by atoms with Gasteiger partial charge in [0.1, 0.15) is 0 Å². The van der Waals surface area contributed by atoms with Crippen molar-refractivity contribution in [2.75, 3.05) is 31.1 Å². The molecule has 0 atom stereocenters. The van der Waals surface area contributed by atoms with Crippen LogP contribution in [0.15, 0.2) is 59.8 Å². The molecule has 2 aromatic carbocycles. The number of aryl methyl sites for hydroxylation is 1. The second-order valence-electron chi connectivity index (χ2n) is 6.86. The van der Waals surface area contributed by atoms with Crippen molar-refractivity contribution in [3.8, 4) is 6.07 Å². The maximum atomic E-state index is 8.89. The number of piperazine rings is 1. The highest BCUT2D eigenvalue weighted by molar-refractivity contribution is 6.30. The Hall–Kier alpha value is -2.97. The van der Waals surface area contributed by atoms with Gasteiger partial charge in [0.2, 0.25) is 0 Å². The first-order chi connectivity index (χ1) is 13.7. The monoisotopic (exact) mass is 391 g/mol. The first-order valence-electron chi connectivity index (χ1n) is 9.49. The molecule has 0 bridgehead atoms. The van der Waals surface area contributed by atoms with E-state index in [0.717, 1.165) is 42.3 Å².